The van der Waals surface area contributed by atoms with Gasteiger partial charge in [-0.25, -0.2) is 4.39 Å². The molecule has 0 saturated heterocycles. The lowest BCUT2D eigenvalue weighted by molar-refractivity contribution is 0.100. The third-order valence-electron chi connectivity index (χ3n) is 4.70. The molecule has 0 atom stereocenters. The third-order valence-corrected chi connectivity index (χ3v) is 4.70. The fourth-order valence-electron chi connectivity index (χ4n) is 3.37. The van der Waals surface area contributed by atoms with Crippen molar-refractivity contribution in [1.29, 1.82) is 0 Å². The van der Waals surface area contributed by atoms with Crippen molar-refractivity contribution >= 4 is 27.7 Å². The van der Waals surface area contributed by atoms with Crippen LogP contribution in [0.2, 0.25) is 0 Å². The summed E-state index contributed by atoms with van der Waals surface area (Å²) in [6, 6.07) is 4.60. The van der Waals surface area contributed by atoms with E-state index in [2.05, 4.69) is 17.3 Å². The number of nitrogens with one attached hydrogen (secondary N) is 1. The number of rotatable bonds is 9. The molecule has 0 unspecified atom stereocenters. The second kappa shape index (κ2) is 8.17. The fourth-order valence-corrected chi connectivity index (χ4v) is 3.37. The summed E-state index contributed by atoms with van der Waals surface area (Å²) in [4.78, 5) is 16.0. The number of aromatic nitrogens is 2. The van der Waals surface area contributed by atoms with E-state index in [9.17, 15) is 9.18 Å². The molecule has 0 aliphatic carbocycles. The molecule has 5 nitrogen and oxygen atoms in total. The van der Waals surface area contributed by atoms with Crippen LogP contribution < -0.4 is 11.2 Å². The highest BCUT2D eigenvalue weighted by atomic mass is 19.1. The molecule has 0 spiro atoms. The Kier molecular flexibility index (Phi) is 5.71. The van der Waals surface area contributed by atoms with Crippen LogP contribution in [-0.4, -0.2) is 22.1 Å². The Labute approximate surface area is 152 Å². The molecular weight excluding hydrogens is 331 g/mol. The van der Waals surface area contributed by atoms with Crippen molar-refractivity contribution in [2.75, 3.05) is 12.0 Å². The van der Waals surface area contributed by atoms with Gasteiger partial charge in [-0.2, -0.15) is 0 Å². The number of unbranched alkanes of at least 4 members (excludes halogenated alkanes) is 5. The van der Waals surface area contributed by atoms with Crippen LogP contribution in [0.1, 0.15) is 55.8 Å². The number of carbonyl (C=O) groups excluding carboxylic acids is 1. The Bertz CT molecular complexity index is 919. The summed E-state index contributed by atoms with van der Waals surface area (Å²) in [5, 5.41) is 1.43. The quantitative estimate of drug-likeness (QED) is 0.560. The normalized spacial score (nSPS) is 11.3. The van der Waals surface area contributed by atoms with Crippen LogP contribution in [0.15, 0.2) is 30.6 Å². The first-order valence-electron chi connectivity index (χ1n) is 9.25. The summed E-state index contributed by atoms with van der Waals surface area (Å²) in [6.45, 7) is 2.97. The first-order valence-corrected chi connectivity index (χ1v) is 9.25. The van der Waals surface area contributed by atoms with E-state index in [1.165, 1.54) is 44.0 Å². The molecule has 1 aromatic carbocycles. The summed E-state index contributed by atoms with van der Waals surface area (Å²) in [5.41, 5.74) is 10.7. The number of fused-ring (bicyclic) bond motifs is 3. The van der Waals surface area contributed by atoms with Crippen molar-refractivity contribution in [2.24, 2.45) is 5.73 Å². The summed E-state index contributed by atoms with van der Waals surface area (Å²) in [5.74, 6) is -0.869. The van der Waals surface area contributed by atoms with Crippen molar-refractivity contribution < 1.29 is 9.18 Å². The lowest BCUT2D eigenvalue weighted by Crippen LogP contribution is -2.19. The van der Waals surface area contributed by atoms with Crippen molar-refractivity contribution in [3.8, 4) is 0 Å². The molecule has 0 radical (unpaired) electrons. The van der Waals surface area contributed by atoms with Crippen molar-refractivity contribution in [3.63, 3.8) is 0 Å². The van der Waals surface area contributed by atoms with E-state index in [-0.39, 0.29) is 5.82 Å². The number of amides is 1. The van der Waals surface area contributed by atoms with Crippen LogP contribution in [0.25, 0.3) is 21.8 Å². The highest BCUT2D eigenvalue weighted by Gasteiger charge is 2.17. The van der Waals surface area contributed by atoms with Gasteiger partial charge >= 0.3 is 0 Å². The molecule has 0 bridgehead atoms. The smallest absolute Gasteiger partial charge is 0.252 e. The number of halogens is 1. The third kappa shape index (κ3) is 3.64. The van der Waals surface area contributed by atoms with Gasteiger partial charge in [-0.15, -0.1) is 0 Å². The molecule has 2 heterocycles. The van der Waals surface area contributed by atoms with Gasteiger partial charge in [-0.05, 0) is 24.6 Å². The zero-order valence-corrected chi connectivity index (χ0v) is 15.1. The minimum Gasteiger partial charge on any atom is -0.365 e. The molecule has 26 heavy (non-hydrogen) atoms. The predicted molar refractivity (Wildman–Crippen MR) is 103 cm³/mol. The number of hydrogen-bond acceptors (Lipinski definition) is 3. The summed E-state index contributed by atoms with van der Waals surface area (Å²) < 4.78 is 15.6. The summed E-state index contributed by atoms with van der Waals surface area (Å²) >= 11 is 0. The molecule has 0 fully saturated rings. The van der Waals surface area contributed by atoms with Gasteiger partial charge in [0.25, 0.3) is 5.91 Å². The minimum absolute atomic E-state index is 0.322. The molecule has 3 aromatic rings. The molecule has 2 aromatic heterocycles. The van der Waals surface area contributed by atoms with Gasteiger partial charge in [-0.1, -0.05) is 39.0 Å². The van der Waals surface area contributed by atoms with Crippen molar-refractivity contribution in [2.45, 2.75) is 45.4 Å². The topological polar surface area (TPSA) is 72.9 Å². The molecule has 0 aliphatic rings. The van der Waals surface area contributed by atoms with Crippen LogP contribution in [0.5, 0.6) is 0 Å². The van der Waals surface area contributed by atoms with E-state index in [1.807, 2.05) is 4.68 Å². The molecule has 0 aliphatic heterocycles. The summed E-state index contributed by atoms with van der Waals surface area (Å²) in [7, 11) is 0. The number of carbonyl (C=O) groups is 1. The van der Waals surface area contributed by atoms with Crippen LogP contribution in [0.3, 0.4) is 0 Å². The Morgan fingerprint density at radius 3 is 2.69 bits per heavy atom. The maximum Gasteiger partial charge on any atom is 0.252 e. The SMILES string of the molecule is CCCCCCCCNn1c2ccc(F)cc2c2cncc(C(N)=O)c21. The monoisotopic (exact) mass is 356 g/mol. The largest absolute Gasteiger partial charge is 0.365 e. The van der Waals surface area contributed by atoms with Gasteiger partial charge < -0.3 is 11.2 Å². The van der Waals surface area contributed by atoms with Gasteiger partial charge in [0.1, 0.15) is 5.82 Å². The fraction of sp³-hybridized carbons (Fsp3) is 0.400. The first-order chi connectivity index (χ1) is 12.6. The summed E-state index contributed by atoms with van der Waals surface area (Å²) in [6.07, 6.45) is 10.3. The molecule has 3 rings (SSSR count). The van der Waals surface area contributed by atoms with Gasteiger partial charge in [0, 0.05) is 29.7 Å². The Balaban J connectivity index is 1.90. The maximum absolute atomic E-state index is 13.7. The van der Waals surface area contributed by atoms with Crippen molar-refractivity contribution in [1.82, 2.24) is 9.66 Å². The maximum atomic E-state index is 13.7. The predicted octanol–water partition coefficient (Wildman–Crippen LogP) is 4.33. The van der Waals surface area contributed by atoms with E-state index in [1.54, 1.807) is 12.3 Å². The van der Waals surface area contributed by atoms with E-state index >= 15 is 0 Å². The van der Waals surface area contributed by atoms with Crippen LogP contribution in [0, 0.1) is 5.82 Å². The van der Waals surface area contributed by atoms with E-state index in [0.29, 0.717) is 21.9 Å². The zero-order chi connectivity index (χ0) is 18.5. The molecule has 138 valence electrons. The van der Waals surface area contributed by atoms with Gasteiger partial charge in [0.05, 0.1) is 16.6 Å². The average molecular weight is 356 g/mol. The molecule has 3 N–H and O–H groups in total. The second-order valence-corrected chi connectivity index (χ2v) is 6.62. The Morgan fingerprint density at radius 2 is 1.92 bits per heavy atom. The highest BCUT2D eigenvalue weighted by molar-refractivity contribution is 6.15. The molecule has 1 amide bonds. The number of hydrogen-bond donors (Lipinski definition) is 2. The van der Waals surface area contributed by atoms with Crippen LogP contribution in [0.4, 0.5) is 4.39 Å². The van der Waals surface area contributed by atoms with Crippen molar-refractivity contribution in [3.05, 3.63) is 42.0 Å². The second-order valence-electron chi connectivity index (χ2n) is 6.62. The Hall–Kier alpha value is -2.63. The van der Waals surface area contributed by atoms with Gasteiger partial charge in [0.15, 0.2) is 0 Å². The lowest BCUT2D eigenvalue weighted by Gasteiger charge is -2.12. The van der Waals surface area contributed by atoms with E-state index in [0.717, 1.165) is 24.9 Å². The standard InChI is InChI=1S/C20H25FN4O/c1-2-3-4-5-6-7-10-24-25-18-9-8-14(21)11-15(18)16-12-23-13-17(19(16)25)20(22)26/h8-9,11-13,24H,2-7,10H2,1H3,(H2,22,26). The average Bonchev–Trinajstić information content (AvgIpc) is 2.94. The van der Waals surface area contributed by atoms with Gasteiger partial charge in [-0.3, -0.25) is 14.5 Å². The molecular formula is C20H25FN4O. The van der Waals surface area contributed by atoms with Gasteiger partial charge in [0.2, 0.25) is 0 Å². The minimum atomic E-state index is -0.547. The number of nitrogens with two attached hydrogens (primary N) is 1. The van der Waals surface area contributed by atoms with E-state index < -0.39 is 5.91 Å². The zero-order valence-electron chi connectivity index (χ0n) is 15.1. The Morgan fingerprint density at radius 1 is 1.15 bits per heavy atom. The van der Waals surface area contributed by atoms with E-state index in [4.69, 9.17) is 5.73 Å². The molecule has 0 saturated carbocycles. The first kappa shape index (κ1) is 18.2. The number of primary amides is 1. The number of pyridine rings is 1. The number of nitrogens with zero attached hydrogens (tertiary/aromatic N) is 2. The highest BCUT2D eigenvalue weighted by Crippen LogP contribution is 2.30. The lowest BCUT2D eigenvalue weighted by atomic mass is 10.1. The molecule has 6 heteroatoms. The van der Waals surface area contributed by atoms with Crippen LogP contribution >= 0.6 is 0 Å². The van der Waals surface area contributed by atoms with Crippen LogP contribution in [-0.2, 0) is 0 Å². The number of benzene rings is 1.